The molecule has 0 bridgehead atoms. The Hall–Kier alpha value is -3.46. The molecule has 0 N–H and O–H groups in total. The van der Waals surface area contributed by atoms with Gasteiger partial charge in [-0.15, -0.1) is 0 Å². The molecule has 36 heavy (non-hydrogen) atoms. The lowest BCUT2D eigenvalue weighted by Gasteiger charge is -2.43. The third-order valence-electron chi connectivity index (χ3n) is 5.80. The lowest BCUT2D eigenvalue weighted by atomic mass is 10.0. The molecule has 10 nitrogen and oxygen atoms in total. The third-order valence-corrected chi connectivity index (χ3v) is 8.12. The van der Waals surface area contributed by atoms with Gasteiger partial charge in [0.2, 0.25) is 11.7 Å². The molecule has 2 aromatic carbocycles. The van der Waals surface area contributed by atoms with Gasteiger partial charge >= 0.3 is 19.3 Å². The number of oxazole rings is 1. The molecule has 190 valence electrons. The first-order valence-electron chi connectivity index (χ1n) is 11.5. The monoisotopic (exact) mass is 514 g/mol. The number of hydrogen-bond acceptors (Lipinski definition) is 8. The van der Waals surface area contributed by atoms with Gasteiger partial charge in [0.05, 0.1) is 32.6 Å². The number of carbonyl (C=O) groups excluding carboxylic acids is 2. The van der Waals surface area contributed by atoms with Crippen LogP contribution in [0.15, 0.2) is 69.9 Å². The zero-order valence-electron chi connectivity index (χ0n) is 20.2. The number of β-lactam (4-membered cyclic amide) rings is 1. The van der Waals surface area contributed by atoms with Crippen molar-refractivity contribution in [2.75, 3.05) is 26.9 Å². The molecule has 11 heteroatoms. The van der Waals surface area contributed by atoms with E-state index in [1.807, 2.05) is 48.5 Å². The number of methoxy groups -OCH3 is 1. The number of carbonyl (C=O) groups is 2. The summed E-state index contributed by atoms with van der Waals surface area (Å²) < 4.78 is 35.9. The molecule has 0 saturated carbocycles. The van der Waals surface area contributed by atoms with Gasteiger partial charge in [-0.2, -0.15) is 0 Å². The van der Waals surface area contributed by atoms with Crippen LogP contribution in [0.5, 0.6) is 0 Å². The summed E-state index contributed by atoms with van der Waals surface area (Å²) in [5.74, 6) is -3.54. The van der Waals surface area contributed by atoms with Gasteiger partial charge in [0.1, 0.15) is 6.04 Å². The van der Waals surface area contributed by atoms with Gasteiger partial charge < -0.3 is 23.1 Å². The number of amides is 1. The normalized spacial score (nSPS) is 16.5. The number of nitrogens with zero attached hydrogens (tertiary/aromatic N) is 2. The summed E-state index contributed by atoms with van der Waals surface area (Å²) in [7, 11) is -2.96. The SMILES string of the molecule is CCOP(=O)(OCC)C(C(=O)OC)N1C[C@H](n2c(-c3ccccc3)c(-c3ccccc3)oc2=O)C1=O. The maximum Gasteiger partial charge on any atom is 0.420 e. The molecule has 1 aromatic heterocycles. The highest BCUT2D eigenvalue weighted by atomic mass is 31.2. The highest BCUT2D eigenvalue weighted by Crippen LogP contribution is 2.56. The zero-order chi connectivity index (χ0) is 25.9. The minimum Gasteiger partial charge on any atom is -0.467 e. The molecule has 1 fully saturated rings. The van der Waals surface area contributed by atoms with E-state index in [9.17, 15) is 18.9 Å². The fraction of sp³-hybridized carbons (Fsp3) is 0.320. The van der Waals surface area contributed by atoms with Crippen LogP contribution in [0.4, 0.5) is 0 Å². The number of esters is 1. The molecule has 1 amide bonds. The van der Waals surface area contributed by atoms with E-state index in [1.165, 1.54) is 4.57 Å². The molecule has 1 aliphatic heterocycles. The van der Waals surface area contributed by atoms with Crippen molar-refractivity contribution in [2.45, 2.75) is 25.7 Å². The summed E-state index contributed by atoms with van der Waals surface area (Å²) in [5.41, 5.74) is 1.77. The van der Waals surface area contributed by atoms with Crippen LogP contribution in [0.1, 0.15) is 19.9 Å². The second kappa shape index (κ2) is 10.7. The van der Waals surface area contributed by atoms with Crippen molar-refractivity contribution in [3.63, 3.8) is 0 Å². The fourth-order valence-electron chi connectivity index (χ4n) is 4.24. The van der Waals surface area contributed by atoms with Gasteiger partial charge in [-0.25, -0.2) is 9.59 Å². The van der Waals surface area contributed by atoms with E-state index in [4.69, 9.17) is 18.2 Å². The first-order valence-corrected chi connectivity index (χ1v) is 13.1. The Balaban J connectivity index is 1.77. The molecule has 0 aliphatic carbocycles. The van der Waals surface area contributed by atoms with E-state index in [2.05, 4.69) is 0 Å². The summed E-state index contributed by atoms with van der Waals surface area (Å²) in [5, 5.41) is 0. The predicted octanol–water partition coefficient (Wildman–Crippen LogP) is 3.92. The van der Waals surface area contributed by atoms with Crippen LogP contribution in [0.25, 0.3) is 22.6 Å². The van der Waals surface area contributed by atoms with E-state index in [0.29, 0.717) is 22.6 Å². The van der Waals surface area contributed by atoms with Gasteiger partial charge in [-0.1, -0.05) is 60.7 Å². The van der Waals surface area contributed by atoms with Crippen LogP contribution in [-0.4, -0.2) is 54.0 Å². The number of ether oxygens (including phenoxy) is 1. The summed E-state index contributed by atoms with van der Waals surface area (Å²) >= 11 is 0. The number of likely N-dealkylation sites (tertiary alicyclic amines) is 1. The second-order valence-electron chi connectivity index (χ2n) is 7.93. The highest BCUT2D eigenvalue weighted by molar-refractivity contribution is 7.55. The van der Waals surface area contributed by atoms with E-state index in [1.54, 1.807) is 26.0 Å². The van der Waals surface area contributed by atoms with Gasteiger partial charge in [0.15, 0.2) is 5.76 Å². The molecule has 1 saturated heterocycles. The molecule has 0 spiro atoms. The number of rotatable bonds is 10. The maximum atomic E-state index is 13.5. The van der Waals surface area contributed by atoms with Gasteiger partial charge in [0.25, 0.3) is 0 Å². The van der Waals surface area contributed by atoms with Crippen LogP contribution < -0.4 is 5.76 Å². The fourth-order valence-corrected chi connectivity index (χ4v) is 6.23. The van der Waals surface area contributed by atoms with E-state index < -0.39 is 37.1 Å². The summed E-state index contributed by atoms with van der Waals surface area (Å²) in [6.45, 7) is 3.09. The Morgan fingerprint density at radius 1 is 1.00 bits per heavy atom. The lowest BCUT2D eigenvalue weighted by molar-refractivity contribution is -0.159. The van der Waals surface area contributed by atoms with Crippen molar-refractivity contribution in [3.8, 4) is 22.6 Å². The topological polar surface area (TPSA) is 117 Å². The van der Waals surface area contributed by atoms with Crippen LogP contribution >= 0.6 is 7.60 Å². The minimum atomic E-state index is -4.08. The van der Waals surface area contributed by atoms with E-state index in [0.717, 1.165) is 12.0 Å². The Bertz CT molecular complexity index is 1330. The maximum absolute atomic E-state index is 13.5. The molecule has 3 aromatic rings. The van der Waals surface area contributed by atoms with Crippen LogP contribution in [0.3, 0.4) is 0 Å². The summed E-state index contributed by atoms with van der Waals surface area (Å²) in [6.07, 6.45) is 0. The zero-order valence-corrected chi connectivity index (χ0v) is 21.1. The largest absolute Gasteiger partial charge is 0.467 e. The average Bonchev–Trinajstić information content (AvgIpc) is 3.23. The molecule has 2 atom stereocenters. The van der Waals surface area contributed by atoms with Crippen molar-refractivity contribution in [1.29, 1.82) is 0 Å². The molecule has 2 heterocycles. The number of hydrogen-bond donors (Lipinski definition) is 0. The Labute approximate surface area is 207 Å². The van der Waals surface area contributed by atoms with Gasteiger partial charge in [0, 0.05) is 11.1 Å². The van der Waals surface area contributed by atoms with Crippen molar-refractivity contribution in [3.05, 3.63) is 71.2 Å². The Morgan fingerprint density at radius 3 is 2.06 bits per heavy atom. The van der Waals surface area contributed by atoms with Crippen molar-refractivity contribution >= 4 is 19.5 Å². The smallest absolute Gasteiger partial charge is 0.420 e. The summed E-state index contributed by atoms with van der Waals surface area (Å²) in [4.78, 5) is 40.2. The molecule has 1 unspecified atom stereocenters. The average molecular weight is 514 g/mol. The standard InChI is InChI=1S/C25H27N2O8P/c1-4-33-36(31,34-5-2)23(24(29)32-3)26-16-19(22(26)28)27-20(17-12-8-6-9-13-17)21(35-25(27)30)18-14-10-7-11-15-18/h6-15,19,23H,4-5,16H2,1-3H3/t19-,23?/m0/s1. The molecule has 0 radical (unpaired) electrons. The van der Waals surface area contributed by atoms with Crippen molar-refractivity contribution < 1.29 is 32.4 Å². The summed E-state index contributed by atoms with van der Waals surface area (Å²) in [6, 6.07) is 17.2. The first-order chi connectivity index (χ1) is 17.4. The van der Waals surface area contributed by atoms with Crippen LogP contribution in [0.2, 0.25) is 0 Å². The molecule has 1 aliphatic rings. The van der Waals surface area contributed by atoms with E-state index in [-0.39, 0.29) is 19.8 Å². The molecular weight excluding hydrogens is 487 g/mol. The second-order valence-corrected chi connectivity index (χ2v) is 10.0. The number of aromatic nitrogens is 1. The highest BCUT2D eigenvalue weighted by Gasteiger charge is 2.55. The van der Waals surface area contributed by atoms with E-state index >= 15 is 0 Å². The first kappa shape index (κ1) is 25.6. The Morgan fingerprint density at radius 2 is 1.56 bits per heavy atom. The van der Waals surface area contributed by atoms with Crippen LogP contribution in [0, 0.1) is 0 Å². The minimum absolute atomic E-state index is 0.00396. The Kier molecular flexibility index (Phi) is 7.59. The predicted molar refractivity (Wildman–Crippen MR) is 131 cm³/mol. The third kappa shape index (κ3) is 4.55. The molecular formula is C25H27N2O8P. The van der Waals surface area contributed by atoms with Gasteiger partial charge in [-0.3, -0.25) is 13.9 Å². The molecule has 4 rings (SSSR count). The van der Waals surface area contributed by atoms with Crippen molar-refractivity contribution in [2.24, 2.45) is 0 Å². The lowest BCUT2D eigenvalue weighted by Crippen LogP contribution is -2.61. The van der Waals surface area contributed by atoms with Crippen LogP contribution in [-0.2, 0) is 27.9 Å². The van der Waals surface area contributed by atoms with Gasteiger partial charge in [-0.05, 0) is 13.8 Å². The quantitative estimate of drug-likeness (QED) is 0.227. The van der Waals surface area contributed by atoms with Crippen molar-refractivity contribution in [1.82, 2.24) is 9.47 Å². The number of benzene rings is 2.